The van der Waals surface area contributed by atoms with Crippen LogP contribution in [-0.4, -0.2) is 46.3 Å². The molecule has 0 radical (unpaired) electrons. The van der Waals surface area contributed by atoms with Gasteiger partial charge in [0.1, 0.15) is 10.6 Å². The van der Waals surface area contributed by atoms with Crippen LogP contribution in [0.15, 0.2) is 48.7 Å². The number of nitrogens with two attached hydrogens (primary N) is 1. The van der Waals surface area contributed by atoms with E-state index in [1.807, 2.05) is 29.2 Å². The highest BCUT2D eigenvalue weighted by Crippen LogP contribution is 2.31. The number of amides is 1. The molecule has 4 rings (SSSR count). The summed E-state index contributed by atoms with van der Waals surface area (Å²) in [5.74, 6) is -0.0448. The van der Waals surface area contributed by atoms with Crippen LogP contribution < -0.4 is 10.6 Å². The zero-order valence-electron chi connectivity index (χ0n) is 15.1. The Balaban J connectivity index is 1.47. The van der Waals surface area contributed by atoms with Crippen LogP contribution in [0.2, 0.25) is 0 Å². The molecule has 1 aromatic carbocycles. The Labute approximate surface area is 162 Å². The molecule has 2 N–H and O–H groups in total. The molecule has 3 aromatic rings. The lowest BCUT2D eigenvalue weighted by molar-refractivity contribution is 0.0752. The summed E-state index contributed by atoms with van der Waals surface area (Å²) in [7, 11) is 0. The van der Waals surface area contributed by atoms with Crippen molar-refractivity contribution in [3.63, 3.8) is 0 Å². The fourth-order valence-corrected chi connectivity index (χ4v) is 4.13. The van der Waals surface area contributed by atoms with E-state index in [-0.39, 0.29) is 5.91 Å². The van der Waals surface area contributed by atoms with Crippen LogP contribution in [0.4, 0.5) is 11.4 Å². The maximum atomic E-state index is 13.0. The first-order valence-electron chi connectivity index (χ1n) is 8.91. The van der Waals surface area contributed by atoms with Gasteiger partial charge in [-0.25, -0.2) is 0 Å². The third-order valence-corrected chi connectivity index (χ3v) is 5.70. The minimum atomic E-state index is -0.0448. The third-order valence-electron chi connectivity index (χ3n) is 4.85. The fraction of sp³-hybridized carbons (Fsp3) is 0.250. The molecule has 1 fully saturated rings. The van der Waals surface area contributed by atoms with Crippen molar-refractivity contribution in [3.05, 3.63) is 59.1 Å². The number of carbonyl (C=O) groups excluding carboxylic acids is 1. The van der Waals surface area contributed by atoms with Crippen molar-refractivity contribution in [1.82, 2.24) is 14.3 Å². The van der Waals surface area contributed by atoms with Crippen molar-refractivity contribution < 1.29 is 4.79 Å². The average Bonchev–Trinajstić information content (AvgIpc) is 3.10. The second-order valence-electron chi connectivity index (χ2n) is 6.55. The first kappa shape index (κ1) is 17.5. The van der Waals surface area contributed by atoms with E-state index in [1.165, 1.54) is 11.3 Å². The minimum absolute atomic E-state index is 0.0448. The van der Waals surface area contributed by atoms with Gasteiger partial charge in [-0.3, -0.25) is 9.78 Å². The van der Waals surface area contributed by atoms with Crippen LogP contribution in [0.25, 0.3) is 11.4 Å². The number of hydrogen-bond acceptors (Lipinski definition) is 6. The number of para-hydroxylation sites is 1. The van der Waals surface area contributed by atoms with Crippen molar-refractivity contribution in [2.75, 3.05) is 36.8 Å². The molecule has 0 spiro atoms. The molecule has 2 aromatic heterocycles. The molecule has 3 heterocycles. The van der Waals surface area contributed by atoms with Crippen LogP contribution in [0.1, 0.15) is 15.2 Å². The number of rotatable bonds is 3. The Hall–Kier alpha value is -2.93. The summed E-state index contributed by atoms with van der Waals surface area (Å²) >= 11 is 1.15. The molecule has 7 heteroatoms. The molecule has 0 bridgehead atoms. The number of nitrogens with zero attached hydrogens (tertiary/aromatic N) is 4. The van der Waals surface area contributed by atoms with Gasteiger partial charge in [0, 0.05) is 38.1 Å². The molecule has 0 saturated carbocycles. The average molecular weight is 379 g/mol. The zero-order valence-corrected chi connectivity index (χ0v) is 15.9. The number of aromatic nitrogens is 2. The quantitative estimate of drug-likeness (QED) is 0.757. The Morgan fingerprint density at radius 2 is 1.81 bits per heavy atom. The number of piperazine rings is 1. The number of hydrogen-bond donors (Lipinski definition) is 1. The maximum Gasteiger partial charge on any atom is 0.267 e. The summed E-state index contributed by atoms with van der Waals surface area (Å²) < 4.78 is 4.37. The van der Waals surface area contributed by atoms with Gasteiger partial charge in [0.05, 0.1) is 11.4 Å². The van der Waals surface area contributed by atoms with Gasteiger partial charge in [0.15, 0.2) is 0 Å². The fourth-order valence-electron chi connectivity index (χ4n) is 3.35. The summed E-state index contributed by atoms with van der Waals surface area (Å²) in [5.41, 5.74) is 10.4. The highest BCUT2D eigenvalue weighted by Gasteiger charge is 2.27. The Morgan fingerprint density at radius 3 is 2.52 bits per heavy atom. The second-order valence-corrected chi connectivity index (χ2v) is 7.33. The largest absolute Gasteiger partial charge is 0.396 e. The molecule has 6 nitrogen and oxygen atoms in total. The molecule has 1 aliphatic rings. The number of aryl methyl sites for hydroxylation is 1. The van der Waals surface area contributed by atoms with Crippen molar-refractivity contribution in [1.29, 1.82) is 0 Å². The molecular formula is C20H21N5OS. The molecule has 1 amide bonds. The van der Waals surface area contributed by atoms with Gasteiger partial charge in [-0.2, -0.15) is 4.37 Å². The van der Waals surface area contributed by atoms with E-state index < -0.39 is 0 Å². The van der Waals surface area contributed by atoms with Gasteiger partial charge >= 0.3 is 0 Å². The van der Waals surface area contributed by atoms with Gasteiger partial charge in [-0.15, -0.1) is 0 Å². The third kappa shape index (κ3) is 3.38. The van der Waals surface area contributed by atoms with Crippen LogP contribution in [0.3, 0.4) is 0 Å². The normalized spacial score (nSPS) is 14.4. The van der Waals surface area contributed by atoms with E-state index >= 15 is 0 Å². The SMILES string of the molecule is Cc1ccccc1N1CCN(C(=O)c2snc(-c3ccccn3)c2N)CC1. The minimum Gasteiger partial charge on any atom is -0.396 e. The van der Waals surface area contributed by atoms with Crippen LogP contribution in [-0.2, 0) is 0 Å². The van der Waals surface area contributed by atoms with E-state index in [0.717, 1.165) is 24.6 Å². The summed E-state index contributed by atoms with van der Waals surface area (Å²) in [5, 5.41) is 0. The van der Waals surface area contributed by atoms with Gasteiger partial charge in [-0.1, -0.05) is 24.3 Å². The molecule has 27 heavy (non-hydrogen) atoms. The second kappa shape index (κ2) is 7.36. The molecule has 0 atom stereocenters. The van der Waals surface area contributed by atoms with E-state index in [1.54, 1.807) is 6.20 Å². The Morgan fingerprint density at radius 1 is 1.07 bits per heavy atom. The number of benzene rings is 1. The van der Waals surface area contributed by atoms with Crippen molar-refractivity contribution in [3.8, 4) is 11.4 Å². The monoisotopic (exact) mass is 379 g/mol. The van der Waals surface area contributed by atoms with Crippen molar-refractivity contribution in [2.45, 2.75) is 6.92 Å². The summed E-state index contributed by atoms with van der Waals surface area (Å²) in [6.45, 7) is 5.07. The smallest absolute Gasteiger partial charge is 0.267 e. The lowest BCUT2D eigenvalue weighted by Crippen LogP contribution is -2.48. The number of carbonyl (C=O) groups is 1. The van der Waals surface area contributed by atoms with Crippen LogP contribution in [0.5, 0.6) is 0 Å². The molecule has 0 unspecified atom stereocenters. The van der Waals surface area contributed by atoms with E-state index in [4.69, 9.17) is 5.73 Å². The summed E-state index contributed by atoms with van der Waals surface area (Å²) in [4.78, 5) is 21.9. The molecular weight excluding hydrogens is 358 g/mol. The lowest BCUT2D eigenvalue weighted by atomic mass is 10.1. The Bertz CT molecular complexity index is 948. The van der Waals surface area contributed by atoms with Crippen molar-refractivity contribution >= 4 is 28.8 Å². The first-order valence-corrected chi connectivity index (χ1v) is 9.69. The molecule has 1 saturated heterocycles. The number of pyridine rings is 1. The maximum absolute atomic E-state index is 13.0. The molecule has 1 aliphatic heterocycles. The van der Waals surface area contributed by atoms with E-state index in [0.29, 0.717) is 35.0 Å². The lowest BCUT2D eigenvalue weighted by Gasteiger charge is -2.36. The highest BCUT2D eigenvalue weighted by molar-refractivity contribution is 7.09. The number of nitrogen functional groups attached to an aromatic ring is 1. The molecule has 0 aliphatic carbocycles. The predicted molar refractivity (Wildman–Crippen MR) is 109 cm³/mol. The highest BCUT2D eigenvalue weighted by atomic mass is 32.1. The van der Waals surface area contributed by atoms with Gasteiger partial charge in [0.2, 0.25) is 0 Å². The summed E-state index contributed by atoms with van der Waals surface area (Å²) in [6, 6.07) is 13.9. The van der Waals surface area contributed by atoms with Crippen molar-refractivity contribution in [2.24, 2.45) is 0 Å². The standard InChI is InChI=1S/C20H21N5OS/c1-14-6-2-3-8-16(14)24-10-12-25(13-11-24)20(26)19-17(21)18(23-27-19)15-7-4-5-9-22-15/h2-9H,10-13,21H2,1H3. The Kier molecular flexibility index (Phi) is 4.77. The predicted octanol–water partition coefficient (Wildman–Crippen LogP) is 3.06. The topological polar surface area (TPSA) is 75.3 Å². The molecule has 138 valence electrons. The van der Waals surface area contributed by atoms with Crippen LogP contribution in [0, 0.1) is 6.92 Å². The first-order chi connectivity index (χ1) is 13.1. The number of anilines is 2. The van der Waals surface area contributed by atoms with Gasteiger partial charge in [0.25, 0.3) is 5.91 Å². The summed E-state index contributed by atoms with van der Waals surface area (Å²) in [6.07, 6.45) is 1.69. The van der Waals surface area contributed by atoms with Crippen LogP contribution >= 0.6 is 11.5 Å². The zero-order chi connectivity index (χ0) is 18.8. The van der Waals surface area contributed by atoms with E-state index in [9.17, 15) is 4.79 Å². The van der Waals surface area contributed by atoms with Gasteiger partial charge in [-0.05, 0) is 42.2 Å². The van der Waals surface area contributed by atoms with Gasteiger partial charge < -0.3 is 15.5 Å². The van der Waals surface area contributed by atoms with E-state index in [2.05, 4.69) is 39.4 Å².